The standard InChI is InChI=1S/C15H14O2S/c1-10-9-12(15(16)17-2)5-8-14(10)11-3-6-13(18)7-4-11/h3-9,18H,1-2H3. The van der Waals surface area contributed by atoms with Crippen molar-refractivity contribution in [3.05, 3.63) is 53.6 Å². The van der Waals surface area contributed by atoms with E-state index in [1.165, 1.54) is 7.11 Å². The van der Waals surface area contributed by atoms with Gasteiger partial charge in [0.2, 0.25) is 0 Å². The molecule has 0 unspecified atom stereocenters. The van der Waals surface area contributed by atoms with Crippen LogP contribution in [-0.2, 0) is 4.74 Å². The lowest BCUT2D eigenvalue weighted by Gasteiger charge is -2.08. The Labute approximate surface area is 112 Å². The summed E-state index contributed by atoms with van der Waals surface area (Å²) in [5.41, 5.74) is 3.84. The average molecular weight is 258 g/mol. The zero-order valence-corrected chi connectivity index (χ0v) is 11.2. The predicted octanol–water partition coefficient (Wildman–Crippen LogP) is 3.74. The zero-order chi connectivity index (χ0) is 13.1. The number of ether oxygens (including phenoxy) is 1. The topological polar surface area (TPSA) is 26.3 Å². The van der Waals surface area contributed by atoms with E-state index in [1.807, 2.05) is 43.3 Å². The summed E-state index contributed by atoms with van der Waals surface area (Å²) in [6, 6.07) is 13.5. The van der Waals surface area contributed by atoms with Gasteiger partial charge in [-0.3, -0.25) is 0 Å². The smallest absolute Gasteiger partial charge is 0.337 e. The second-order valence-electron chi connectivity index (χ2n) is 4.07. The molecule has 18 heavy (non-hydrogen) atoms. The van der Waals surface area contributed by atoms with Crippen LogP contribution in [0.3, 0.4) is 0 Å². The normalized spacial score (nSPS) is 10.2. The first-order chi connectivity index (χ1) is 8.61. The van der Waals surface area contributed by atoms with Gasteiger partial charge in [-0.1, -0.05) is 18.2 Å². The third kappa shape index (κ3) is 2.57. The molecular weight excluding hydrogens is 244 g/mol. The van der Waals surface area contributed by atoms with Gasteiger partial charge in [0.15, 0.2) is 0 Å². The highest BCUT2D eigenvalue weighted by Crippen LogP contribution is 2.25. The van der Waals surface area contributed by atoms with E-state index in [1.54, 1.807) is 6.07 Å². The molecule has 0 aliphatic carbocycles. The molecule has 0 bridgehead atoms. The predicted molar refractivity (Wildman–Crippen MR) is 75.2 cm³/mol. The fraction of sp³-hybridized carbons (Fsp3) is 0.133. The quantitative estimate of drug-likeness (QED) is 0.656. The van der Waals surface area contributed by atoms with Gasteiger partial charge < -0.3 is 4.74 Å². The molecule has 2 rings (SSSR count). The van der Waals surface area contributed by atoms with Crippen molar-refractivity contribution in [2.24, 2.45) is 0 Å². The lowest BCUT2D eigenvalue weighted by molar-refractivity contribution is 0.0600. The number of carbonyl (C=O) groups excluding carboxylic acids is 1. The Morgan fingerprint density at radius 3 is 2.33 bits per heavy atom. The van der Waals surface area contributed by atoms with E-state index in [0.717, 1.165) is 21.6 Å². The highest BCUT2D eigenvalue weighted by Gasteiger charge is 2.08. The first-order valence-electron chi connectivity index (χ1n) is 5.60. The lowest BCUT2D eigenvalue weighted by atomic mass is 9.98. The number of hydrogen-bond donors (Lipinski definition) is 1. The Balaban J connectivity index is 2.41. The second kappa shape index (κ2) is 5.27. The first kappa shape index (κ1) is 12.7. The molecule has 3 heteroatoms. The van der Waals surface area contributed by atoms with E-state index < -0.39 is 0 Å². The number of rotatable bonds is 2. The van der Waals surface area contributed by atoms with Crippen LogP contribution in [0.25, 0.3) is 11.1 Å². The molecule has 0 fully saturated rings. The Morgan fingerprint density at radius 2 is 1.78 bits per heavy atom. The molecule has 0 saturated heterocycles. The third-order valence-corrected chi connectivity index (χ3v) is 3.12. The lowest BCUT2D eigenvalue weighted by Crippen LogP contribution is -2.01. The van der Waals surface area contributed by atoms with E-state index in [2.05, 4.69) is 12.6 Å². The number of thiol groups is 1. The van der Waals surface area contributed by atoms with Crippen LogP contribution in [0.4, 0.5) is 0 Å². The molecule has 0 amide bonds. The summed E-state index contributed by atoms with van der Waals surface area (Å²) in [6.07, 6.45) is 0. The van der Waals surface area contributed by atoms with E-state index in [-0.39, 0.29) is 5.97 Å². The van der Waals surface area contributed by atoms with Gasteiger partial charge in [-0.2, -0.15) is 0 Å². The van der Waals surface area contributed by atoms with E-state index in [9.17, 15) is 4.79 Å². The minimum Gasteiger partial charge on any atom is -0.465 e. The van der Waals surface area contributed by atoms with Gasteiger partial charge in [0.05, 0.1) is 12.7 Å². The maximum Gasteiger partial charge on any atom is 0.337 e. The van der Waals surface area contributed by atoms with Crippen LogP contribution >= 0.6 is 12.6 Å². The monoisotopic (exact) mass is 258 g/mol. The summed E-state index contributed by atoms with van der Waals surface area (Å²) in [7, 11) is 1.39. The molecule has 0 aliphatic heterocycles. The number of benzene rings is 2. The Hall–Kier alpha value is -1.74. The van der Waals surface area contributed by atoms with Crippen LogP contribution < -0.4 is 0 Å². The van der Waals surface area contributed by atoms with Crippen LogP contribution in [0.1, 0.15) is 15.9 Å². The third-order valence-electron chi connectivity index (χ3n) is 2.83. The van der Waals surface area contributed by atoms with Crippen molar-refractivity contribution in [3.8, 4) is 11.1 Å². The van der Waals surface area contributed by atoms with Crippen LogP contribution in [0.5, 0.6) is 0 Å². The number of hydrogen-bond acceptors (Lipinski definition) is 3. The Kier molecular flexibility index (Phi) is 3.72. The van der Waals surface area contributed by atoms with Gasteiger partial charge in [-0.25, -0.2) is 4.79 Å². The van der Waals surface area contributed by atoms with Gasteiger partial charge in [0.25, 0.3) is 0 Å². The molecule has 2 aromatic carbocycles. The molecule has 0 heterocycles. The van der Waals surface area contributed by atoms with E-state index in [4.69, 9.17) is 4.74 Å². The van der Waals surface area contributed by atoms with Gasteiger partial charge in [-0.15, -0.1) is 12.6 Å². The highest BCUT2D eigenvalue weighted by molar-refractivity contribution is 7.80. The van der Waals surface area contributed by atoms with Gasteiger partial charge >= 0.3 is 5.97 Å². The Morgan fingerprint density at radius 1 is 1.11 bits per heavy atom. The first-order valence-corrected chi connectivity index (χ1v) is 6.05. The van der Waals surface area contributed by atoms with Gasteiger partial charge in [0, 0.05) is 4.90 Å². The summed E-state index contributed by atoms with van der Waals surface area (Å²) in [6.45, 7) is 1.98. The molecule has 2 nitrogen and oxygen atoms in total. The molecule has 0 saturated carbocycles. The van der Waals surface area contributed by atoms with Gasteiger partial charge in [0.1, 0.15) is 0 Å². The van der Waals surface area contributed by atoms with E-state index in [0.29, 0.717) is 5.56 Å². The summed E-state index contributed by atoms with van der Waals surface area (Å²) < 4.78 is 4.70. The molecular formula is C15H14O2S. The SMILES string of the molecule is COC(=O)c1ccc(-c2ccc(S)cc2)c(C)c1. The summed E-state index contributed by atoms with van der Waals surface area (Å²) in [5, 5.41) is 0. The summed E-state index contributed by atoms with van der Waals surface area (Å²) in [4.78, 5) is 12.4. The second-order valence-corrected chi connectivity index (χ2v) is 4.58. The van der Waals surface area contributed by atoms with Crippen molar-refractivity contribution in [1.29, 1.82) is 0 Å². The highest BCUT2D eigenvalue weighted by atomic mass is 32.1. The number of esters is 1. The van der Waals surface area contributed by atoms with Crippen molar-refractivity contribution < 1.29 is 9.53 Å². The number of carbonyl (C=O) groups is 1. The molecule has 0 atom stereocenters. The molecule has 0 spiro atoms. The van der Waals surface area contributed by atoms with Crippen LogP contribution in [0, 0.1) is 6.92 Å². The van der Waals surface area contributed by atoms with E-state index >= 15 is 0 Å². The van der Waals surface area contributed by atoms with Crippen molar-refractivity contribution in [1.82, 2.24) is 0 Å². The van der Waals surface area contributed by atoms with Crippen molar-refractivity contribution >= 4 is 18.6 Å². The average Bonchev–Trinajstić information content (AvgIpc) is 2.39. The summed E-state index contributed by atoms with van der Waals surface area (Å²) >= 11 is 4.26. The summed E-state index contributed by atoms with van der Waals surface area (Å²) in [5.74, 6) is -0.310. The molecule has 0 aromatic heterocycles. The maximum atomic E-state index is 11.4. The molecule has 92 valence electrons. The fourth-order valence-corrected chi connectivity index (χ4v) is 2.02. The number of methoxy groups -OCH3 is 1. The molecule has 2 aromatic rings. The largest absolute Gasteiger partial charge is 0.465 e. The van der Waals surface area contributed by atoms with Crippen molar-refractivity contribution in [3.63, 3.8) is 0 Å². The minimum absolute atomic E-state index is 0.310. The van der Waals surface area contributed by atoms with Gasteiger partial charge in [-0.05, 0) is 47.9 Å². The van der Waals surface area contributed by atoms with Crippen LogP contribution in [0.15, 0.2) is 47.4 Å². The zero-order valence-electron chi connectivity index (χ0n) is 10.3. The maximum absolute atomic E-state index is 11.4. The minimum atomic E-state index is -0.310. The Bertz CT molecular complexity index is 574. The molecule has 0 N–H and O–H groups in total. The van der Waals surface area contributed by atoms with Crippen LogP contribution in [-0.4, -0.2) is 13.1 Å². The molecule has 0 aliphatic rings. The van der Waals surface area contributed by atoms with Crippen LogP contribution in [0.2, 0.25) is 0 Å². The fourth-order valence-electron chi connectivity index (χ4n) is 1.87. The van der Waals surface area contributed by atoms with Crippen molar-refractivity contribution in [2.75, 3.05) is 7.11 Å². The molecule has 0 radical (unpaired) electrons. The van der Waals surface area contributed by atoms with Crippen molar-refractivity contribution in [2.45, 2.75) is 11.8 Å². The number of aryl methyl sites for hydroxylation is 1.